The number of amides is 1. The molecule has 1 amide bonds. The van der Waals surface area contributed by atoms with Crippen molar-refractivity contribution in [3.8, 4) is 11.5 Å². The lowest BCUT2D eigenvalue weighted by atomic mass is 10.2. The number of hydrogen-bond donors (Lipinski definition) is 1. The summed E-state index contributed by atoms with van der Waals surface area (Å²) in [6, 6.07) is 11.7. The number of carbonyl (C=O) groups excluding carboxylic acids is 1. The van der Waals surface area contributed by atoms with E-state index in [1.807, 2.05) is 0 Å². The van der Waals surface area contributed by atoms with E-state index in [-0.39, 0.29) is 11.3 Å². The first-order valence-corrected chi connectivity index (χ1v) is 6.20. The van der Waals surface area contributed by atoms with Gasteiger partial charge in [-0.2, -0.15) is 0 Å². The maximum Gasteiger partial charge on any atom is 0.573 e. The zero-order valence-corrected chi connectivity index (χ0v) is 11.5. The van der Waals surface area contributed by atoms with Gasteiger partial charge in [-0.05, 0) is 24.3 Å². The van der Waals surface area contributed by atoms with Crippen LogP contribution in [0.2, 0.25) is 0 Å². The first-order valence-electron chi connectivity index (χ1n) is 6.20. The van der Waals surface area contributed by atoms with Gasteiger partial charge < -0.3 is 14.8 Å². The molecule has 0 aromatic heterocycles. The van der Waals surface area contributed by atoms with Gasteiger partial charge in [-0.25, -0.2) is 0 Å². The van der Waals surface area contributed by atoms with Gasteiger partial charge in [0, 0.05) is 0 Å². The molecule has 0 heterocycles. The predicted molar refractivity (Wildman–Crippen MR) is 74.1 cm³/mol. The van der Waals surface area contributed by atoms with Gasteiger partial charge in [-0.3, -0.25) is 4.79 Å². The van der Waals surface area contributed by atoms with Gasteiger partial charge in [0.1, 0.15) is 5.75 Å². The van der Waals surface area contributed by atoms with Crippen molar-refractivity contribution in [2.45, 2.75) is 6.36 Å². The van der Waals surface area contributed by atoms with Crippen LogP contribution in [0.15, 0.2) is 48.5 Å². The van der Waals surface area contributed by atoms with Gasteiger partial charge >= 0.3 is 6.36 Å². The molecule has 0 aliphatic rings. The van der Waals surface area contributed by atoms with E-state index in [2.05, 4.69) is 10.1 Å². The van der Waals surface area contributed by atoms with Gasteiger partial charge in [0.15, 0.2) is 5.75 Å². The standard InChI is InChI=1S/C15H12F3NO3/c1-21-12-8-4-2-6-10(12)14(20)19-11-7-3-5-9-13(11)22-15(16,17)18/h2-9H,1H3,(H,19,20). The van der Waals surface area contributed by atoms with Crippen LogP contribution in [0, 0.1) is 0 Å². The van der Waals surface area contributed by atoms with Crippen LogP contribution in [-0.4, -0.2) is 19.4 Å². The number of benzene rings is 2. The van der Waals surface area contributed by atoms with E-state index in [9.17, 15) is 18.0 Å². The molecular formula is C15H12F3NO3. The topological polar surface area (TPSA) is 47.6 Å². The zero-order valence-electron chi connectivity index (χ0n) is 11.5. The lowest BCUT2D eigenvalue weighted by Crippen LogP contribution is -2.19. The van der Waals surface area contributed by atoms with Crippen molar-refractivity contribution in [2.24, 2.45) is 0 Å². The molecule has 2 aromatic carbocycles. The molecule has 0 saturated heterocycles. The molecule has 0 fully saturated rings. The van der Waals surface area contributed by atoms with Crippen molar-refractivity contribution in [3.63, 3.8) is 0 Å². The van der Waals surface area contributed by atoms with Crippen LogP contribution < -0.4 is 14.8 Å². The van der Waals surface area contributed by atoms with E-state index in [0.717, 1.165) is 6.07 Å². The van der Waals surface area contributed by atoms with E-state index >= 15 is 0 Å². The van der Waals surface area contributed by atoms with E-state index in [4.69, 9.17) is 4.74 Å². The minimum atomic E-state index is -4.84. The predicted octanol–water partition coefficient (Wildman–Crippen LogP) is 3.85. The highest BCUT2D eigenvalue weighted by Crippen LogP contribution is 2.30. The molecule has 4 nitrogen and oxygen atoms in total. The number of methoxy groups -OCH3 is 1. The van der Waals surface area contributed by atoms with Crippen LogP contribution in [0.1, 0.15) is 10.4 Å². The van der Waals surface area contributed by atoms with Gasteiger partial charge in [0.25, 0.3) is 5.91 Å². The second kappa shape index (κ2) is 6.38. The average molecular weight is 311 g/mol. The van der Waals surface area contributed by atoms with Crippen molar-refractivity contribution in [1.82, 2.24) is 0 Å². The van der Waals surface area contributed by atoms with Crippen molar-refractivity contribution in [1.29, 1.82) is 0 Å². The fourth-order valence-corrected chi connectivity index (χ4v) is 1.81. The van der Waals surface area contributed by atoms with E-state index in [1.54, 1.807) is 18.2 Å². The molecule has 0 aliphatic carbocycles. The number of rotatable bonds is 4. The zero-order chi connectivity index (χ0) is 16.2. The summed E-state index contributed by atoms with van der Waals surface area (Å²) in [5.74, 6) is -0.775. The van der Waals surface area contributed by atoms with Crippen LogP contribution >= 0.6 is 0 Å². The molecule has 2 rings (SSSR count). The molecule has 0 spiro atoms. The second-order valence-corrected chi connectivity index (χ2v) is 4.20. The first kappa shape index (κ1) is 15.7. The van der Waals surface area contributed by atoms with Crippen LogP contribution in [0.3, 0.4) is 0 Å². The number of alkyl halides is 3. The number of ether oxygens (including phenoxy) is 2. The number of anilines is 1. The molecule has 116 valence electrons. The second-order valence-electron chi connectivity index (χ2n) is 4.20. The molecular weight excluding hydrogens is 299 g/mol. The van der Waals surface area contributed by atoms with Gasteiger partial charge in [-0.1, -0.05) is 24.3 Å². The molecule has 22 heavy (non-hydrogen) atoms. The highest BCUT2D eigenvalue weighted by Gasteiger charge is 2.32. The Kier molecular flexibility index (Phi) is 4.55. The number of carbonyl (C=O) groups is 1. The summed E-state index contributed by atoms with van der Waals surface area (Å²) in [7, 11) is 1.40. The van der Waals surface area contributed by atoms with Crippen LogP contribution in [-0.2, 0) is 0 Å². The van der Waals surface area contributed by atoms with Crippen LogP contribution in [0.4, 0.5) is 18.9 Å². The summed E-state index contributed by atoms with van der Waals surface area (Å²) in [5, 5.41) is 2.38. The molecule has 0 bridgehead atoms. The Bertz CT molecular complexity index is 671. The normalized spacial score (nSPS) is 10.9. The third kappa shape index (κ3) is 3.91. The van der Waals surface area contributed by atoms with Crippen molar-refractivity contribution >= 4 is 11.6 Å². The fraction of sp³-hybridized carbons (Fsp3) is 0.133. The minimum absolute atomic E-state index is 0.0873. The van der Waals surface area contributed by atoms with Crippen molar-refractivity contribution in [2.75, 3.05) is 12.4 Å². The van der Waals surface area contributed by atoms with E-state index in [0.29, 0.717) is 5.75 Å². The molecule has 7 heteroatoms. The monoisotopic (exact) mass is 311 g/mol. The Morgan fingerprint density at radius 3 is 2.23 bits per heavy atom. The van der Waals surface area contributed by atoms with Gasteiger partial charge in [-0.15, -0.1) is 13.2 Å². The molecule has 0 saturated carbocycles. The Morgan fingerprint density at radius 2 is 1.59 bits per heavy atom. The maximum atomic E-state index is 12.3. The Balaban J connectivity index is 2.25. The largest absolute Gasteiger partial charge is 0.573 e. The first-order chi connectivity index (χ1) is 10.4. The minimum Gasteiger partial charge on any atom is -0.496 e. The highest BCUT2D eigenvalue weighted by molar-refractivity contribution is 6.06. The third-order valence-electron chi connectivity index (χ3n) is 2.71. The Labute approximate surface area is 124 Å². The fourth-order valence-electron chi connectivity index (χ4n) is 1.81. The number of hydrogen-bond acceptors (Lipinski definition) is 3. The molecule has 0 atom stereocenters. The van der Waals surface area contributed by atoms with E-state index < -0.39 is 18.0 Å². The quantitative estimate of drug-likeness (QED) is 0.933. The van der Waals surface area contributed by atoms with Gasteiger partial charge in [0.2, 0.25) is 0 Å². The average Bonchev–Trinajstić information content (AvgIpc) is 2.47. The summed E-state index contributed by atoms with van der Waals surface area (Å²) < 4.78 is 46.0. The molecule has 1 N–H and O–H groups in total. The van der Waals surface area contributed by atoms with Crippen molar-refractivity contribution < 1.29 is 27.4 Å². The number of nitrogens with one attached hydrogen (secondary N) is 1. The lowest BCUT2D eigenvalue weighted by molar-refractivity contribution is -0.274. The molecule has 0 unspecified atom stereocenters. The number of halogens is 3. The maximum absolute atomic E-state index is 12.3. The summed E-state index contributed by atoms with van der Waals surface area (Å²) in [4.78, 5) is 12.2. The summed E-state index contributed by atoms with van der Waals surface area (Å²) >= 11 is 0. The Morgan fingerprint density at radius 1 is 1.00 bits per heavy atom. The number of para-hydroxylation sites is 3. The highest BCUT2D eigenvalue weighted by atomic mass is 19.4. The molecule has 0 aliphatic heterocycles. The van der Waals surface area contributed by atoms with E-state index in [1.165, 1.54) is 31.4 Å². The summed E-state index contributed by atoms with van der Waals surface area (Å²) in [6.45, 7) is 0. The smallest absolute Gasteiger partial charge is 0.496 e. The lowest BCUT2D eigenvalue weighted by Gasteiger charge is -2.14. The van der Waals surface area contributed by atoms with Gasteiger partial charge in [0.05, 0.1) is 18.4 Å². The third-order valence-corrected chi connectivity index (χ3v) is 2.71. The SMILES string of the molecule is COc1ccccc1C(=O)Nc1ccccc1OC(F)(F)F. The van der Waals surface area contributed by atoms with Crippen molar-refractivity contribution in [3.05, 3.63) is 54.1 Å². The summed E-state index contributed by atoms with van der Waals surface area (Å²) in [6.07, 6.45) is -4.84. The Hall–Kier alpha value is -2.70. The van der Waals surface area contributed by atoms with Crippen LogP contribution in [0.5, 0.6) is 11.5 Å². The summed E-state index contributed by atoms with van der Waals surface area (Å²) in [5.41, 5.74) is 0.113. The van der Waals surface area contributed by atoms with Crippen LogP contribution in [0.25, 0.3) is 0 Å². The molecule has 2 aromatic rings. The molecule has 0 radical (unpaired) electrons.